The molecule has 1 unspecified atom stereocenters. The van der Waals surface area contributed by atoms with E-state index < -0.39 is 0 Å². The molecule has 4 heteroatoms. The fraction of sp³-hybridized carbons (Fsp3) is 0.519. The SMILES string of the molecule is C=C/C(C(=C)NC(=C)[C@@H]1CN(Cc2cccnc2)CC1C)=C(/C)N(C)C(C)(C)CCC. The summed E-state index contributed by atoms with van der Waals surface area (Å²) in [6.45, 7) is 27.0. The number of aromatic nitrogens is 1. The molecule has 0 saturated carbocycles. The lowest BCUT2D eigenvalue weighted by Gasteiger charge is -2.39. The highest BCUT2D eigenvalue weighted by molar-refractivity contribution is 5.41. The van der Waals surface area contributed by atoms with Crippen LogP contribution in [-0.2, 0) is 6.54 Å². The van der Waals surface area contributed by atoms with E-state index in [1.165, 1.54) is 11.3 Å². The Morgan fingerprint density at radius 1 is 1.35 bits per heavy atom. The Morgan fingerprint density at radius 3 is 2.65 bits per heavy atom. The first-order chi connectivity index (χ1) is 14.6. The van der Waals surface area contributed by atoms with Crippen LogP contribution in [0, 0.1) is 11.8 Å². The maximum absolute atomic E-state index is 4.39. The minimum absolute atomic E-state index is 0.0805. The average Bonchev–Trinajstić information content (AvgIpc) is 3.08. The van der Waals surface area contributed by atoms with E-state index in [1.807, 2.05) is 24.5 Å². The van der Waals surface area contributed by atoms with E-state index in [2.05, 4.69) is 87.6 Å². The molecule has 0 aliphatic carbocycles. The second-order valence-corrected chi connectivity index (χ2v) is 9.59. The third-order valence-electron chi connectivity index (χ3n) is 6.77. The molecule has 170 valence electrons. The zero-order valence-electron chi connectivity index (χ0n) is 20.5. The molecule has 1 aromatic rings. The molecular weight excluding hydrogens is 380 g/mol. The zero-order valence-corrected chi connectivity index (χ0v) is 20.5. The van der Waals surface area contributed by atoms with Gasteiger partial charge in [-0.25, -0.2) is 0 Å². The topological polar surface area (TPSA) is 31.4 Å². The fourth-order valence-corrected chi connectivity index (χ4v) is 4.66. The third kappa shape index (κ3) is 6.33. The minimum Gasteiger partial charge on any atom is -0.372 e. The molecule has 1 N–H and O–H groups in total. The highest BCUT2D eigenvalue weighted by atomic mass is 15.2. The van der Waals surface area contributed by atoms with Gasteiger partial charge in [-0.2, -0.15) is 0 Å². The number of nitrogens with zero attached hydrogens (tertiary/aromatic N) is 3. The van der Waals surface area contributed by atoms with Gasteiger partial charge in [0.25, 0.3) is 0 Å². The normalized spacial score (nSPS) is 20.2. The van der Waals surface area contributed by atoms with E-state index in [4.69, 9.17) is 0 Å². The molecule has 1 aliphatic rings. The van der Waals surface area contributed by atoms with Crippen LogP contribution >= 0.6 is 0 Å². The van der Waals surface area contributed by atoms with Crippen LogP contribution in [-0.4, -0.2) is 40.5 Å². The van der Waals surface area contributed by atoms with E-state index in [1.54, 1.807) is 0 Å². The molecule has 0 bridgehead atoms. The number of rotatable bonds is 11. The Hall–Kier alpha value is -2.33. The Bertz CT molecular complexity index is 806. The van der Waals surface area contributed by atoms with E-state index >= 15 is 0 Å². The summed E-state index contributed by atoms with van der Waals surface area (Å²) in [6.07, 6.45) is 7.96. The van der Waals surface area contributed by atoms with Crippen molar-refractivity contribution < 1.29 is 0 Å². The van der Waals surface area contributed by atoms with E-state index in [0.29, 0.717) is 11.8 Å². The van der Waals surface area contributed by atoms with Gasteiger partial charge in [0.1, 0.15) is 0 Å². The van der Waals surface area contributed by atoms with E-state index in [-0.39, 0.29) is 5.54 Å². The Kier molecular flexibility index (Phi) is 8.69. The van der Waals surface area contributed by atoms with Crippen LogP contribution in [0.2, 0.25) is 0 Å². The molecule has 1 aliphatic heterocycles. The van der Waals surface area contributed by atoms with E-state index in [9.17, 15) is 0 Å². The van der Waals surface area contributed by atoms with Crippen LogP contribution in [0.25, 0.3) is 0 Å². The molecule has 31 heavy (non-hydrogen) atoms. The number of nitrogens with one attached hydrogen (secondary N) is 1. The second kappa shape index (κ2) is 10.8. The lowest BCUT2D eigenvalue weighted by molar-refractivity contribution is 0.188. The minimum atomic E-state index is 0.0805. The van der Waals surface area contributed by atoms with Crippen molar-refractivity contribution in [2.45, 2.75) is 59.5 Å². The van der Waals surface area contributed by atoms with Gasteiger partial charge in [-0.05, 0) is 44.7 Å². The number of allylic oxidation sites excluding steroid dienone is 2. The van der Waals surface area contributed by atoms with Gasteiger partial charge in [0.2, 0.25) is 0 Å². The van der Waals surface area contributed by atoms with Crippen LogP contribution < -0.4 is 5.32 Å². The molecule has 2 heterocycles. The van der Waals surface area contributed by atoms with Crippen molar-refractivity contribution in [3.8, 4) is 0 Å². The molecule has 0 amide bonds. The summed E-state index contributed by atoms with van der Waals surface area (Å²) in [5, 5.41) is 3.52. The molecule has 4 nitrogen and oxygen atoms in total. The molecule has 1 aromatic heterocycles. The molecule has 0 radical (unpaired) electrons. The zero-order chi connectivity index (χ0) is 23.2. The van der Waals surface area contributed by atoms with Gasteiger partial charge in [0.05, 0.1) is 0 Å². The van der Waals surface area contributed by atoms with Crippen LogP contribution in [0.15, 0.2) is 73.0 Å². The Morgan fingerprint density at radius 2 is 2.06 bits per heavy atom. The van der Waals surface area contributed by atoms with E-state index in [0.717, 1.165) is 49.4 Å². The number of hydrogen-bond donors (Lipinski definition) is 1. The van der Waals surface area contributed by atoms with Crippen molar-refractivity contribution in [2.24, 2.45) is 11.8 Å². The quantitative estimate of drug-likeness (QED) is 0.461. The summed E-state index contributed by atoms with van der Waals surface area (Å²) in [6, 6.07) is 4.14. The molecular formula is C27H42N4. The Balaban J connectivity index is 2.06. The van der Waals surface area contributed by atoms with Gasteiger partial charge in [-0.15, -0.1) is 0 Å². The lowest BCUT2D eigenvalue weighted by atomic mass is 9.94. The summed E-state index contributed by atoms with van der Waals surface area (Å²) in [7, 11) is 2.16. The molecule has 1 saturated heterocycles. The van der Waals surface area contributed by atoms with Gasteiger partial charge < -0.3 is 10.2 Å². The summed E-state index contributed by atoms with van der Waals surface area (Å²) >= 11 is 0. The van der Waals surface area contributed by atoms with Crippen LogP contribution in [0.3, 0.4) is 0 Å². The van der Waals surface area contributed by atoms with Crippen molar-refractivity contribution in [1.29, 1.82) is 0 Å². The number of likely N-dealkylation sites (tertiary alicyclic amines) is 1. The molecule has 1 fully saturated rings. The number of pyridine rings is 1. The van der Waals surface area contributed by atoms with Crippen molar-refractivity contribution in [2.75, 3.05) is 20.1 Å². The van der Waals surface area contributed by atoms with Crippen LogP contribution in [0.5, 0.6) is 0 Å². The summed E-state index contributed by atoms with van der Waals surface area (Å²) in [4.78, 5) is 9.07. The average molecular weight is 423 g/mol. The van der Waals surface area contributed by atoms with Gasteiger partial charge in [-0.1, -0.05) is 52.1 Å². The maximum Gasteiger partial charge on any atom is 0.0399 e. The molecule has 2 rings (SSSR count). The first kappa shape index (κ1) is 24.9. The first-order valence-corrected chi connectivity index (χ1v) is 11.4. The standard InChI is InChI=1S/C27H42N4/c1-10-14-27(7,8)30(9)23(6)25(11-2)21(4)29-22(5)26-19-31(17-20(26)3)18-24-13-12-15-28-16-24/h11-13,15-16,20,26,29H,2,4-5,10,14,17-19H2,1,3,6-9H3/b25-23+/t20?,26-/m1/s1. The van der Waals surface area contributed by atoms with Gasteiger partial charge >= 0.3 is 0 Å². The number of hydrogen-bond acceptors (Lipinski definition) is 4. The predicted molar refractivity (Wildman–Crippen MR) is 133 cm³/mol. The fourth-order valence-electron chi connectivity index (χ4n) is 4.66. The molecule has 2 atom stereocenters. The van der Waals surface area contributed by atoms with Crippen molar-refractivity contribution in [3.05, 3.63) is 78.6 Å². The van der Waals surface area contributed by atoms with Gasteiger partial charge in [0.15, 0.2) is 0 Å². The predicted octanol–water partition coefficient (Wildman–Crippen LogP) is 5.74. The van der Waals surface area contributed by atoms with Crippen molar-refractivity contribution in [1.82, 2.24) is 20.1 Å². The third-order valence-corrected chi connectivity index (χ3v) is 6.77. The van der Waals surface area contributed by atoms with Gasteiger partial charge in [0, 0.05) is 73.2 Å². The summed E-state index contributed by atoms with van der Waals surface area (Å²) in [5.41, 5.74) is 5.46. The lowest BCUT2D eigenvalue weighted by Crippen LogP contribution is -2.40. The van der Waals surface area contributed by atoms with Crippen molar-refractivity contribution in [3.63, 3.8) is 0 Å². The highest BCUT2D eigenvalue weighted by Gasteiger charge is 2.32. The van der Waals surface area contributed by atoms with Crippen LogP contribution in [0.4, 0.5) is 0 Å². The smallest absolute Gasteiger partial charge is 0.0399 e. The first-order valence-electron chi connectivity index (χ1n) is 11.4. The largest absolute Gasteiger partial charge is 0.372 e. The van der Waals surface area contributed by atoms with Gasteiger partial charge in [-0.3, -0.25) is 9.88 Å². The highest BCUT2D eigenvalue weighted by Crippen LogP contribution is 2.31. The Labute approximate surface area is 190 Å². The summed E-state index contributed by atoms with van der Waals surface area (Å²) < 4.78 is 0. The molecule has 0 aromatic carbocycles. The maximum atomic E-state index is 4.39. The second-order valence-electron chi connectivity index (χ2n) is 9.59. The molecule has 0 spiro atoms. The monoisotopic (exact) mass is 422 g/mol. The summed E-state index contributed by atoms with van der Waals surface area (Å²) in [5.74, 6) is 0.918. The van der Waals surface area contributed by atoms with Crippen LogP contribution in [0.1, 0.15) is 53.0 Å². The van der Waals surface area contributed by atoms with Crippen molar-refractivity contribution >= 4 is 0 Å².